The lowest BCUT2D eigenvalue weighted by molar-refractivity contribution is -0.0807. The maximum absolute atomic E-state index is 9.08. The molecular weight excluding hydrogens is 186 g/mol. The maximum atomic E-state index is 9.08. The van der Waals surface area contributed by atoms with Crippen LogP contribution in [0.4, 0.5) is 0 Å². The maximum Gasteiger partial charge on any atom is 0.215 e. The number of aromatic nitrogens is 3. The minimum absolute atomic E-state index is 0.170. The lowest BCUT2D eigenvalue weighted by Crippen LogP contribution is -2.15. The van der Waals surface area contributed by atoms with Gasteiger partial charge < -0.3 is 15.6 Å². The zero-order chi connectivity index (χ0) is 10.6. The standard InChI is InChI=1S/C7H13N5O2/c1-14-5(13)2-3-12-4-10-7(11-12)6(8)9/h4-5,13H,2-3H2,1H3,(H3,8,9). The zero-order valence-electron chi connectivity index (χ0n) is 7.84. The van der Waals surface area contributed by atoms with Gasteiger partial charge in [-0.3, -0.25) is 10.1 Å². The molecule has 14 heavy (non-hydrogen) atoms. The monoisotopic (exact) mass is 199 g/mol. The molecule has 1 aromatic heterocycles. The van der Waals surface area contributed by atoms with Crippen molar-refractivity contribution in [2.75, 3.05) is 7.11 Å². The Morgan fingerprint density at radius 1 is 1.86 bits per heavy atom. The van der Waals surface area contributed by atoms with Crippen LogP contribution >= 0.6 is 0 Å². The molecule has 0 spiro atoms. The van der Waals surface area contributed by atoms with E-state index in [0.29, 0.717) is 13.0 Å². The second kappa shape index (κ2) is 4.68. The number of nitrogens with zero attached hydrogens (tertiary/aromatic N) is 3. The smallest absolute Gasteiger partial charge is 0.215 e. The van der Waals surface area contributed by atoms with Crippen LogP contribution in [0.25, 0.3) is 0 Å². The fourth-order valence-corrected chi connectivity index (χ4v) is 0.886. The Morgan fingerprint density at radius 3 is 3.07 bits per heavy atom. The van der Waals surface area contributed by atoms with Crippen molar-refractivity contribution >= 4 is 5.84 Å². The minimum Gasteiger partial charge on any atom is -0.381 e. The Labute approximate surface area is 81.0 Å². The van der Waals surface area contributed by atoms with Gasteiger partial charge in [-0.15, -0.1) is 5.10 Å². The molecule has 0 aliphatic rings. The van der Waals surface area contributed by atoms with Crippen LogP contribution in [-0.2, 0) is 11.3 Å². The number of nitrogen functional groups attached to an aromatic ring is 1. The highest BCUT2D eigenvalue weighted by Gasteiger charge is 2.05. The second-order valence-electron chi connectivity index (χ2n) is 2.72. The second-order valence-corrected chi connectivity index (χ2v) is 2.72. The van der Waals surface area contributed by atoms with E-state index in [9.17, 15) is 0 Å². The summed E-state index contributed by atoms with van der Waals surface area (Å²) in [4.78, 5) is 3.80. The van der Waals surface area contributed by atoms with Crippen LogP contribution < -0.4 is 5.73 Å². The van der Waals surface area contributed by atoms with Crippen molar-refractivity contribution in [1.82, 2.24) is 14.8 Å². The normalized spacial score (nSPS) is 12.7. The molecule has 7 heteroatoms. The van der Waals surface area contributed by atoms with Gasteiger partial charge in [0.25, 0.3) is 0 Å². The molecule has 4 N–H and O–H groups in total. The van der Waals surface area contributed by atoms with Crippen molar-refractivity contribution in [2.24, 2.45) is 5.73 Å². The Hall–Kier alpha value is -1.47. The number of ether oxygens (including phenoxy) is 1. The van der Waals surface area contributed by atoms with E-state index in [0.717, 1.165) is 0 Å². The summed E-state index contributed by atoms with van der Waals surface area (Å²) in [6.45, 7) is 0.468. The third-order valence-electron chi connectivity index (χ3n) is 1.65. The van der Waals surface area contributed by atoms with E-state index >= 15 is 0 Å². The number of aliphatic hydroxyl groups is 1. The predicted molar refractivity (Wildman–Crippen MR) is 48.7 cm³/mol. The van der Waals surface area contributed by atoms with Crippen molar-refractivity contribution in [3.05, 3.63) is 12.2 Å². The van der Waals surface area contributed by atoms with Crippen molar-refractivity contribution in [1.29, 1.82) is 5.41 Å². The minimum atomic E-state index is -0.806. The first kappa shape index (κ1) is 10.6. The van der Waals surface area contributed by atoms with Gasteiger partial charge in [-0.1, -0.05) is 0 Å². The molecule has 1 atom stereocenters. The summed E-state index contributed by atoms with van der Waals surface area (Å²) in [5.74, 6) is 0.0212. The molecule has 1 unspecified atom stereocenters. The number of amidine groups is 1. The molecule has 0 amide bonds. The molecule has 0 aliphatic carbocycles. The molecule has 1 rings (SSSR count). The number of nitrogens with one attached hydrogen (secondary N) is 1. The van der Waals surface area contributed by atoms with Crippen LogP contribution in [0.2, 0.25) is 0 Å². The number of hydrogen-bond acceptors (Lipinski definition) is 5. The van der Waals surface area contributed by atoms with Gasteiger partial charge in [0.15, 0.2) is 12.1 Å². The Bertz CT molecular complexity index is 311. The first-order chi connectivity index (χ1) is 6.63. The number of methoxy groups -OCH3 is 1. The van der Waals surface area contributed by atoms with Gasteiger partial charge in [-0.2, -0.15) is 0 Å². The first-order valence-corrected chi connectivity index (χ1v) is 4.08. The molecule has 1 heterocycles. The molecule has 0 saturated carbocycles. The first-order valence-electron chi connectivity index (χ1n) is 4.08. The molecule has 0 aromatic carbocycles. The third-order valence-corrected chi connectivity index (χ3v) is 1.65. The number of rotatable bonds is 5. The SMILES string of the molecule is COC(O)CCn1cnc(C(=N)N)n1. The highest BCUT2D eigenvalue weighted by atomic mass is 16.6. The molecule has 78 valence electrons. The van der Waals surface area contributed by atoms with Crippen LogP contribution in [0.1, 0.15) is 12.2 Å². The predicted octanol–water partition coefficient (Wildman–Crippen LogP) is -1.08. The molecule has 0 bridgehead atoms. The summed E-state index contributed by atoms with van der Waals surface area (Å²) in [6.07, 6.45) is 1.07. The molecule has 0 radical (unpaired) electrons. The van der Waals surface area contributed by atoms with E-state index in [-0.39, 0.29) is 11.7 Å². The van der Waals surface area contributed by atoms with E-state index in [1.165, 1.54) is 18.1 Å². The summed E-state index contributed by atoms with van der Waals surface area (Å²) >= 11 is 0. The summed E-state index contributed by atoms with van der Waals surface area (Å²) in [6, 6.07) is 0. The van der Waals surface area contributed by atoms with Gasteiger partial charge in [0.1, 0.15) is 6.33 Å². The Balaban J connectivity index is 2.48. The van der Waals surface area contributed by atoms with Crippen molar-refractivity contribution in [3.8, 4) is 0 Å². The van der Waals surface area contributed by atoms with Gasteiger partial charge in [0.2, 0.25) is 5.82 Å². The third kappa shape index (κ3) is 2.79. The topological polar surface area (TPSA) is 110 Å². The zero-order valence-corrected chi connectivity index (χ0v) is 7.84. The van der Waals surface area contributed by atoms with Gasteiger partial charge in [-0.25, -0.2) is 4.98 Å². The average molecular weight is 199 g/mol. The summed E-state index contributed by atoms with van der Waals surface area (Å²) in [5, 5.41) is 20.1. The molecule has 0 aliphatic heterocycles. The number of aliphatic hydroxyl groups excluding tert-OH is 1. The quantitative estimate of drug-likeness (QED) is 0.317. The van der Waals surface area contributed by atoms with Gasteiger partial charge in [0, 0.05) is 20.1 Å². The van der Waals surface area contributed by atoms with Crippen LogP contribution in [0.15, 0.2) is 6.33 Å². The van der Waals surface area contributed by atoms with Crippen LogP contribution in [0.5, 0.6) is 0 Å². The van der Waals surface area contributed by atoms with E-state index in [1.807, 2.05) is 0 Å². The number of nitrogens with two attached hydrogens (primary N) is 1. The van der Waals surface area contributed by atoms with Crippen LogP contribution in [-0.4, -0.2) is 39.1 Å². The fourth-order valence-electron chi connectivity index (χ4n) is 0.886. The van der Waals surface area contributed by atoms with E-state index in [2.05, 4.69) is 14.8 Å². The van der Waals surface area contributed by atoms with Crippen molar-refractivity contribution in [2.45, 2.75) is 19.3 Å². The van der Waals surface area contributed by atoms with Gasteiger partial charge >= 0.3 is 0 Å². The molecule has 7 nitrogen and oxygen atoms in total. The summed E-state index contributed by atoms with van der Waals surface area (Å²) in [7, 11) is 1.42. The lowest BCUT2D eigenvalue weighted by Gasteiger charge is -2.06. The largest absolute Gasteiger partial charge is 0.381 e. The molecule has 0 fully saturated rings. The average Bonchev–Trinajstić information content (AvgIpc) is 2.62. The Morgan fingerprint density at radius 2 is 2.57 bits per heavy atom. The van der Waals surface area contributed by atoms with E-state index in [4.69, 9.17) is 16.2 Å². The molecular formula is C7H13N5O2. The summed E-state index contributed by atoms with van der Waals surface area (Å²) < 4.78 is 6.15. The number of hydrogen-bond donors (Lipinski definition) is 3. The van der Waals surface area contributed by atoms with Crippen LogP contribution in [0.3, 0.4) is 0 Å². The highest BCUT2D eigenvalue weighted by Crippen LogP contribution is 1.96. The van der Waals surface area contributed by atoms with E-state index in [1.54, 1.807) is 0 Å². The molecule has 0 saturated heterocycles. The highest BCUT2D eigenvalue weighted by molar-refractivity contribution is 5.90. The van der Waals surface area contributed by atoms with Gasteiger partial charge in [-0.05, 0) is 0 Å². The van der Waals surface area contributed by atoms with Crippen molar-refractivity contribution < 1.29 is 9.84 Å². The lowest BCUT2D eigenvalue weighted by atomic mass is 10.4. The summed E-state index contributed by atoms with van der Waals surface area (Å²) in [5.41, 5.74) is 5.18. The van der Waals surface area contributed by atoms with E-state index < -0.39 is 6.29 Å². The van der Waals surface area contributed by atoms with Gasteiger partial charge in [0.05, 0.1) is 0 Å². The Kier molecular flexibility index (Phi) is 3.55. The fraction of sp³-hybridized carbons (Fsp3) is 0.571. The van der Waals surface area contributed by atoms with Crippen LogP contribution in [0, 0.1) is 5.41 Å². The van der Waals surface area contributed by atoms with Crippen molar-refractivity contribution in [3.63, 3.8) is 0 Å². The molecule has 1 aromatic rings. The number of aryl methyl sites for hydroxylation is 1.